The van der Waals surface area contributed by atoms with Crippen molar-refractivity contribution in [1.29, 1.82) is 0 Å². The third-order valence-electron chi connectivity index (χ3n) is 5.25. The van der Waals surface area contributed by atoms with Gasteiger partial charge in [-0.15, -0.1) is 0 Å². The van der Waals surface area contributed by atoms with Crippen LogP contribution in [0, 0.1) is 0 Å². The smallest absolute Gasteiger partial charge is 0.124 e. The Morgan fingerprint density at radius 3 is 2.46 bits per heavy atom. The average molecular weight is 443 g/mol. The highest BCUT2D eigenvalue weighted by Crippen LogP contribution is 2.28. The summed E-state index contributed by atoms with van der Waals surface area (Å²) in [5.74, 6) is 2.96. The van der Waals surface area contributed by atoms with Crippen molar-refractivity contribution in [3.8, 4) is 5.75 Å². The van der Waals surface area contributed by atoms with Crippen LogP contribution in [0.3, 0.4) is 0 Å². The van der Waals surface area contributed by atoms with E-state index in [2.05, 4.69) is 49.1 Å². The SMILES string of the molecule is CN1CCN(Cc2cc(Br)cc(CNCCN3CCSCC3)c2O)CC1. The monoisotopic (exact) mass is 442 g/mol. The predicted octanol–water partition coefficient (Wildman–Crippen LogP) is 2.04. The molecule has 2 saturated heterocycles. The van der Waals surface area contributed by atoms with E-state index in [1.165, 1.54) is 24.6 Å². The van der Waals surface area contributed by atoms with Crippen molar-refractivity contribution >= 4 is 27.7 Å². The van der Waals surface area contributed by atoms with E-state index in [0.717, 1.165) is 61.4 Å². The molecule has 0 unspecified atom stereocenters. The molecule has 1 aromatic rings. The number of aromatic hydroxyl groups is 1. The third-order valence-corrected chi connectivity index (χ3v) is 6.65. The second kappa shape index (κ2) is 10.3. The molecule has 5 nitrogen and oxygen atoms in total. The minimum absolute atomic E-state index is 0.453. The van der Waals surface area contributed by atoms with Crippen molar-refractivity contribution in [2.24, 2.45) is 0 Å². The van der Waals surface area contributed by atoms with Gasteiger partial charge in [0, 0.05) is 92.6 Å². The zero-order valence-corrected chi connectivity index (χ0v) is 18.1. The van der Waals surface area contributed by atoms with Gasteiger partial charge in [0.25, 0.3) is 0 Å². The molecule has 0 atom stereocenters. The second-order valence-electron chi connectivity index (χ2n) is 7.28. The molecule has 3 rings (SSSR count). The van der Waals surface area contributed by atoms with E-state index in [0.29, 0.717) is 12.3 Å². The van der Waals surface area contributed by atoms with Gasteiger partial charge >= 0.3 is 0 Å². The lowest BCUT2D eigenvalue weighted by Crippen LogP contribution is -2.43. The maximum absolute atomic E-state index is 10.7. The Bertz CT molecular complexity index is 575. The highest BCUT2D eigenvalue weighted by Gasteiger charge is 2.17. The third kappa shape index (κ3) is 6.11. The van der Waals surface area contributed by atoms with Crippen LogP contribution in [0.4, 0.5) is 0 Å². The van der Waals surface area contributed by atoms with Crippen molar-refractivity contribution < 1.29 is 5.11 Å². The fourth-order valence-electron chi connectivity index (χ4n) is 3.50. The van der Waals surface area contributed by atoms with Crippen molar-refractivity contribution in [3.63, 3.8) is 0 Å². The number of nitrogens with one attached hydrogen (secondary N) is 1. The first-order valence-electron chi connectivity index (χ1n) is 9.54. The summed E-state index contributed by atoms with van der Waals surface area (Å²) in [6.45, 7) is 10.3. The molecule has 2 fully saturated rings. The molecule has 2 heterocycles. The predicted molar refractivity (Wildman–Crippen MR) is 114 cm³/mol. The topological polar surface area (TPSA) is 42.0 Å². The van der Waals surface area contributed by atoms with Crippen LogP contribution in [0.5, 0.6) is 5.75 Å². The molecule has 7 heteroatoms. The van der Waals surface area contributed by atoms with Gasteiger partial charge in [0.1, 0.15) is 5.75 Å². The minimum atomic E-state index is 0.453. The molecule has 0 aliphatic carbocycles. The van der Waals surface area contributed by atoms with E-state index in [1.807, 2.05) is 17.8 Å². The van der Waals surface area contributed by atoms with Gasteiger partial charge in [-0.2, -0.15) is 11.8 Å². The molecule has 2 N–H and O–H groups in total. The molecular weight excluding hydrogens is 412 g/mol. The first-order chi connectivity index (χ1) is 12.6. The van der Waals surface area contributed by atoms with Crippen LogP contribution < -0.4 is 5.32 Å². The number of phenolic OH excluding ortho intramolecular Hbond substituents is 1. The fraction of sp³-hybridized carbons (Fsp3) is 0.684. The standard InChI is InChI=1S/C19H31BrN4OS/c1-22-4-6-24(7-5-22)15-17-13-18(20)12-16(19(17)25)14-21-2-3-23-8-10-26-11-9-23/h12-13,21,25H,2-11,14-15H2,1H3. The molecule has 0 aromatic heterocycles. The molecule has 146 valence electrons. The van der Waals surface area contributed by atoms with E-state index in [1.54, 1.807) is 0 Å². The summed E-state index contributed by atoms with van der Waals surface area (Å²) in [6, 6.07) is 4.09. The first-order valence-corrected chi connectivity index (χ1v) is 11.5. The Hall–Kier alpha value is -0.310. The summed E-state index contributed by atoms with van der Waals surface area (Å²) >= 11 is 5.66. The van der Waals surface area contributed by atoms with Crippen LogP contribution in [0.15, 0.2) is 16.6 Å². The summed E-state index contributed by atoms with van der Waals surface area (Å²) in [5, 5.41) is 14.2. The lowest BCUT2D eigenvalue weighted by atomic mass is 10.1. The van der Waals surface area contributed by atoms with Crippen molar-refractivity contribution in [1.82, 2.24) is 20.0 Å². The number of piperazine rings is 1. The number of nitrogens with zero attached hydrogens (tertiary/aromatic N) is 3. The number of hydrogen-bond acceptors (Lipinski definition) is 6. The van der Waals surface area contributed by atoms with Gasteiger partial charge in [-0.1, -0.05) is 15.9 Å². The number of benzene rings is 1. The summed E-state index contributed by atoms with van der Waals surface area (Å²) in [6.07, 6.45) is 0. The van der Waals surface area contributed by atoms with Crippen LogP contribution in [0.25, 0.3) is 0 Å². The second-order valence-corrected chi connectivity index (χ2v) is 9.42. The molecular formula is C19H31BrN4OS. The zero-order chi connectivity index (χ0) is 18.4. The van der Waals surface area contributed by atoms with Gasteiger partial charge in [0.15, 0.2) is 0 Å². The van der Waals surface area contributed by atoms with E-state index < -0.39 is 0 Å². The molecule has 0 radical (unpaired) electrons. The number of likely N-dealkylation sites (N-methyl/N-ethyl adjacent to an activating group) is 1. The Morgan fingerprint density at radius 2 is 1.73 bits per heavy atom. The lowest BCUT2D eigenvalue weighted by Gasteiger charge is -2.32. The summed E-state index contributed by atoms with van der Waals surface area (Å²) in [4.78, 5) is 7.30. The van der Waals surface area contributed by atoms with Gasteiger partial charge in [-0.3, -0.25) is 4.90 Å². The maximum Gasteiger partial charge on any atom is 0.124 e. The number of rotatable bonds is 7. The average Bonchev–Trinajstić information content (AvgIpc) is 2.65. The number of halogens is 1. The van der Waals surface area contributed by atoms with Gasteiger partial charge in [0.05, 0.1) is 0 Å². The molecule has 1 aromatic carbocycles. The highest BCUT2D eigenvalue weighted by molar-refractivity contribution is 9.10. The van der Waals surface area contributed by atoms with Crippen molar-refractivity contribution in [2.75, 3.05) is 70.9 Å². The summed E-state index contributed by atoms with van der Waals surface area (Å²) < 4.78 is 1.05. The molecule has 0 bridgehead atoms. The zero-order valence-electron chi connectivity index (χ0n) is 15.7. The van der Waals surface area contributed by atoms with Crippen LogP contribution in [-0.4, -0.2) is 90.7 Å². The number of thioether (sulfide) groups is 1. The maximum atomic E-state index is 10.7. The normalized spacial score (nSPS) is 20.5. The molecule has 0 amide bonds. The largest absolute Gasteiger partial charge is 0.507 e. The quantitative estimate of drug-likeness (QED) is 0.629. The van der Waals surface area contributed by atoms with Crippen molar-refractivity contribution in [3.05, 3.63) is 27.7 Å². The molecule has 26 heavy (non-hydrogen) atoms. The van der Waals surface area contributed by atoms with Crippen LogP contribution in [0.1, 0.15) is 11.1 Å². The van der Waals surface area contributed by atoms with Crippen LogP contribution in [0.2, 0.25) is 0 Å². The van der Waals surface area contributed by atoms with Crippen LogP contribution in [-0.2, 0) is 13.1 Å². The Labute approximate surface area is 170 Å². The fourth-order valence-corrected chi connectivity index (χ4v) is 5.04. The first kappa shape index (κ1) is 20.4. The lowest BCUT2D eigenvalue weighted by molar-refractivity contribution is 0.147. The molecule has 0 spiro atoms. The molecule has 0 saturated carbocycles. The van der Waals surface area contributed by atoms with Gasteiger partial charge in [-0.25, -0.2) is 0 Å². The van der Waals surface area contributed by atoms with Gasteiger partial charge < -0.3 is 20.2 Å². The highest BCUT2D eigenvalue weighted by atomic mass is 79.9. The Kier molecular flexibility index (Phi) is 8.09. The van der Waals surface area contributed by atoms with E-state index in [-0.39, 0.29) is 0 Å². The Balaban J connectivity index is 1.51. The Morgan fingerprint density at radius 1 is 1.04 bits per heavy atom. The molecule has 2 aliphatic heterocycles. The van der Waals surface area contributed by atoms with Gasteiger partial charge in [0.2, 0.25) is 0 Å². The van der Waals surface area contributed by atoms with E-state index in [4.69, 9.17) is 0 Å². The van der Waals surface area contributed by atoms with Crippen molar-refractivity contribution in [2.45, 2.75) is 13.1 Å². The number of hydrogen-bond donors (Lipinski definition) is 2. The molecule has 2 aliphatic rings. The minimum Gasteiger partial charge on any atom is -0.507 e. The summed E-state index contributed by atoms with van der Waals surface area (Å²) in [7, 11) is 2.17. The number of phenols is 1. The summed E-state index contributed by atoms with van der Waals surface area (Å²) in [5.41, 5.74) is 2.01. The van der Waals surface area contributed by atoms with E-state index >= 15 is 0 Å². The van der Waals surface area contributed by atoms with Crippen LogP contribution >= 0.6 is 27.7 Å². The van der Waals surface area contributed by atoms with Gasteiger partial charge in [-0.05, 0) is 19.2 Å². The van der Waals surface area contributed by atoms with E-state index in [9.17, 15) is 5.11 Å².